The molecule has 0 heterocycles. The zero-order chi connectivity index (χ0) is 14.8. The molecule has 110 valence electrons. The predicted molar refractivity (Wildman–Crippen MR) is 51.9 cm³/mol. The molecule has 18 heavy (non-hydrogen) atoms. The average Bonchev–Trinajstić information content (AvgIpc) is 1.94. The van der Waals surface area contributed by atoms with Crippen molar-refractivity contribution in [1.29, 1.82) is 0 Å². The van der Waals surface area contributed by atoms with Crippen LogP contribution < -0.4 is 0 Å². The molecule has 0 saturated carbocycles. The minimum absolute atomic E-state index is 0.313. The molecular formula is C10H16F6O2. The van der Waals surface area contributed by atoms with Crippen molar-refractivity contribution >= 4 is 0 Å². The molecule has 8 heteroatoms. The summed E-state index contributed by atoms with van der Waals surface area (Å²) in [6.45, 7) is 3.39. The first kappa shape index (κ1) is 17.5. The van der Waals surface area contributed by atoms with Gasteiger partial charge in [0.1, 0.15) is 0 Å². The third kappa shape index (κ3) is 6.44. The summed E-state index contributed by atoms with van der Waals surface area (Å²) >= 11 is 0. The molecule has 0 spiro atoms. The third-order valence-electron chi connectivity index (χ3n) is 2.24. The second kappa shape index (κ2) is 5.24. The molecular weight excluding hydrogens is 266 g/mol. The summed E-state index contributed by atoms with van der Waals surface area (Å²) in [7, 11) is 0. The van der Waals surface area contributed by atoms with Gasteiger partial charge in [0, 0.05) is 0 Å². The third-order valence-corrected chi connectivity index (χ3v) is 2.24. The summed E-state index contributed by atoms with van der Waals surface area (Å²) in [5, 5.41) is 0. The van der Waals surface area contributed by atoms with Crippen molar-refractivity contribution in [2.75, 3.05) is 6.61 Å². The van der Waals surface area contributed by atoms with Gasteiger partial charge in [0.15, 0.2) is 5.60 Å². The molecule has 0 atom stereocenters. The fourth-order valence-electron chi connectivity index (χ4n) is 0.998. The van der Waals surface area contributed by atoms with Crippen molar-refractivity contribution in [3.63, 3.8) is 0 Å². The predicted octanol–water partition coefficient (Wildman–Crippen LogP) is 4.05. The quantitative estimate of drug-likeness (QED) is 0.708. The fourth-order valence-corrected chi connectivity index (χ4v) is 0.998. The van der Waals surface area contributed by atoms with Gasteiger partial charge >= 0.3 is 12.5 Å². The fraction of sp³-hybridized carbons (Fsp3) is 1.00. The molecule has 0 N–H and O–H groups in total. The molecule has 0 aromatic rings. The smallest absolute Gasteiger partial charge is 0.366 e. The maximum Gasteiger partial charge on any atom is 0.523 e. The highest BCUT2D eigenvalue weighted by Crippen LogP contribution is 2.34. The van der Waals surface area contributed by atoms with Crippen molar-refractivity contribution in [3.05, 3.63) is 0 Å². The molecule has 0 amide bonds. The van der Waals surface area contributed by atoms with Gasteiger partial charge in [0.2, 0.25) is 0 Å². The zero-order valence-corrected chi connectivity index (χ0v) is 10.5. The van der Waals surface area contributed by atoms with Crippen LogP contribution in [-0.4, -0.2) is 30.3 Å². The standard InChI is InChI=1S/C10H16F6O2/c1-7(2,18-10(14,15)16)5-6-17-8(3,4)9(11,12)13/h5-6H2,1-4H3. The van der Waals surface area contributed by atoms with Crippen LogP contribution in [0.2, 0.25) is 0 Å². The number of ether oxygens (including phenoxy) is 2. The lowest BCUT2D eigenvalue weighted by atomic mass is 10.1. The van der Waals surface area contributed by atoms with Gasteiger partial charge in [-0.1, -0.05) is 0 Å². The molecule has 0 bridgehead atoms. The molecule has 0 saturated heterocycles. The highest BCUT2D eigenvalue weighted by Gasteiger charge is 2.48. The highest BCUT2D eigenvalue weighted by molar-refractivity contribution is 4.79. The summed E-state index contributed by atoms with van der Waals surface area (Å²) < 4.78 is 81.4. The van der Waals surface area contributed by atoms with Crippen molar-refractivity contribution in [2.45, 2.75) is 57.9 Å². The monoisotopic (exact) mass is 282 g/mol. The van der Waals surface area contributed by atoms with Crippen LogP contribution in [-0.2, 0) is 9.47 Å². The molecule has 0 aliphatic rings. The van der Waals surface area contributed by atoms with Crippen molar-refractivity contribution in [1.82, 2.24) is 0 Å². The second-order valence-electron chi connectivity index (χ2n) is 4.91. The Morgan fingerprint density at radius 1 is 0.833 bits per heavy atom. The minimum Gasteiger partial charge on any atom is -0.366 e. The van der Waals surface area contributed by atoms with Crippen LogP contribution in [0.5, 0.6) is 0 Å². The normalized spacial score (nSPS) is 15.0. The Morgan fingerprint density at radius 3 is 1.61 bits per heavy atom. The van der Waals surface area contributed by atoms with Crippen molar-refractivity contribution in [3.8, 4) is 0 Å². The average molecular weight is 282 g/mol. The lowest BCUT2D eigenvalue weighted by Crippen LogP contribution is -2.43. The highest BCUT2D eigenvalue weighted by atomic mass is 19.4. The Bertz CT molecular complexity index is 267. The molecule has 0 aliphatic carbocycles. The number of hydrogen-bond acceptors (Lipinski definition) is 2. The Hall–Kier alpha value is -0.500. The first-order valence-corrected chi connectivity index (χ1v) is 5.14. The van der Waals surface area contributed by atoms with Crippen LogP contribution in [0.4, 0.5) is 26.3 Å². The van der Waals surface area contributed by atoms with Gasteiger partial charge in [0.25, 0.3) is 0 Å². The van der Waals surface area contributed by atoms with E-state index in [1.54, 1.807) is 0 Å². The summed E-state index contributed by atoms with van der Waals surface area (Å²) in [4.78, 5) is 0. The van der Waals surface area contributed by atoms with Gasteiger partial charge < -0.3 is 4.74 Å². The van der Waals surface area contributed by atoms with E-state index >= 15 is 0 Å². The van der Waals surface area contributed by atoms with E-state index in [1.165, 1.54) is 0 Å². The molecule has 0 aliphatic heterocycles. The van der Waals surface area contributed by atoms with Crippen molar-refractivity contribution in [2.24, 2.45) is 0 Å². The maximum atomic E-state index is 12.4. The van der Waals surface area contributed by atoms with Gasteiger partial charge in [-0.2, -0.15) is 13.2 Å². The van der Waals surface area contributed by atoms with E-state index in [9.17, 15) is 26.3 Å². The van der Waals surface area contributed by atoms with E-state index in [2.05, 4.69) is 9.47 Å². The van der Waals surface area contributed by atoms with Crippen LogP contribution in [0.15, 0.2) is 0 Å². The Morgan fingerprint density at radius 2 is 1.28 bits per heavy atom. The molecule has 0 aromatic carbocycles. The minimum atomic E-state index is -4.83. The largest absolute Gasteiger partial charge is 0.523 e. The van der Waals surface area contributed by atoms with Crippen LogP contribution in [0.25, 0.3) is 0 Å². The molecule has 2 nitrogen and oxygen atoms in total. The molecule has 0 unspecified atom stereocenters. The van der Waals surface area contributed by atoms with Gasteiger partial charge in [-0.05, 0) is 34.1 Å². The summed E-state index contributed by atoms with van der Waals surface area (Å²) in [5.74, 6) is 0. The molecule has 0 fully saturated rings. The van der Waals surface area contributed by atoms with Gasteiger partial charge in [-0.25, -0.2) is 0 Å². The molecule has 0 rings (SSSR count). The molecule has 0 radical (unpaired) electrons. The topological polar surface area (TPSA) is 18.5 Å². The molecule has 0 aromatic heterocycles. The van der Waals surface area contributed by atoms with Gasteiger partial charge in [0.05, 0.1) is 12.2 Å². The van der Waals surface area contributed by atoms with E-state index in [4.69, 9.17) is 0 Å². The lowest BCUT2D eigenvalue weighted by Gasteiger charge is -2.31. The number of hydrogen-bond donors (Lipinski definition) is 0. The van der Waals surface area contributed by atoms with E-state index in [1.807, 2.05) is 0 Å². The number of rotatable bonds is 5. The van der Waals surface area contributed by atoms with Crippen LogP contribution >= 0.6 is 0 Å². The Kier molecular flexibility index (Phi) is 5.10. The summed E-state index contributed by atoms with van der Waals surface area (Å²) in [5.41, 5.74) is -4.04. The van der Waals surface area contributed by atoms with Crippen LogP contribution in [0.1, 0.15) is 34.1 Å². The number of halogens is 6. The van der Waals surface area contributed by atoms with Crippen LogP contribution in [0.3, 0.4) is 0 Å². The summed E-state index contributed by atoms with van der Waals surface area (Å²) in [6, 6.07) is 0. The number of alkyl halides is 6. The maximum absolute atomic E-state index is 12.4. The summed E-state index contributed by atoms with van der Waals surface area (Å²) in [6.07, 6.45) is -9.73. The van der Waals surface area contributed by atoms with E-state index in [0.29, 0.717) is 0 Å². The van der Waals surface area contributed by atoms with Crippen molar-refractivity contribution < 1.29 is 35.8 Å². The Labute approximate surface area is 101 Å². The van der Waals surface area contributed by atoms with Gasteiger partial charge in [-0.3, -0.25) is 4.74 Å². The Balaban J connectivity index is 4.28. The van der Waals surface area contributed by atoms with Crippen LogP contribution in [0, 0.1) is 0 Å². The second-order valence-corrected chi connectivity index (χ2v) is 4.91. The van der Waals surface area contributed by atoms with Gasteiger partial charge in [-0.15, -0.1) is 13.2 Å². The SMILES string of the molecule is CC(C)(CCOC(C)(C)C(F)(F)F)OC(F)(F)F. The van der Waals surface area contributed by atoms with E-state index in [0.717, 1.165) is 27.7 Å². The lowest BCUT2D eigenvalue weighted by molar-refractivity contribution is -0.364. The zero-order valence-electron chi connectivity index (χ0n) is 10.5. The van der Waals surface area contributed by atoms with E-state index in [-0.39, 0.29) is 6.42 Å². The first-order valence-electron chi connectivity index (χ1n) is 5.14. The van der Waals surface area contributed by atoms with E-state index < -0.39 is 30.3 Å². The first-order chi connectivity index (χ1) is 7.66.